The number of hydrogen-bond donors (Lipinski definition) is 3. The Labute approximate surface area is 212 Å². The van der Waals surface area contributed by atoms with Gasteiger partial charge in [0.1, 0.15) is 5.75 Å². The third-order valence-electron chi connectivity index (χ3n) is 6.56. The number of nitrogens with one attached hydrogen (secondary N) is 2. The summed E-state index contributed by atoms with van der Waals surface area (Å²) in [6.45, 7) is 0. The molecule has 0 radical (unpaired) electrons. The Bertz CT molecular complexity index is 1440. The summed E-state index contributed by atoms with van der Waals surface area (Å²) in [5, 5.41) is 12.7. The molecule has 0 spiro atoms. The Morgan fingerprint density at radius 1 is 1.09 bits per heavy atom. The standard InChI is InChI=1S/C26H23BrN2O5S/c1-34-24-12-7-16(27)13-22(24)25-20-4-2-3-19(20)21-14-18(10-11-23(21)28-25)35(32,33)29-17-8-5-15(6-9-17)26(30)31/h2-3,5-14,19-20,25,28-29H,4H2,1H3,(H,30,31)/t19-,20+,25-/m0/s1. The van der Waals surface area contributed by atoms with Gasteiger partial charge in [0.25, 0.3) is 10.0 Å². The fourth-order valence-corrected chi connectivity index (χ4v) is 6.36. The number of carboxylic acid groups (broad SMARTS) is 1. The molecule has 180 valence electrons. The van der Waals surface area contributed by atoms with Crippen LogP contribution in [-0.2, 0) is 10.0 Å². The number of allylic oxidation sites excluding steroid dienone is 2. The number of fused-ring (bicyclic) bond motifs is 3. The molecule has 0 bridgehead atoms. The number of anilines is 2. The first-order valence-electron chi connectivity index (χ1n) is 11.0. The summed E-state index contributed by atoms with van der Waals surface area (Å²) in [4.78, 5) is 11.2. The molecular weight excluding hydrogens is 532 g/mol. The van der Waals surface area contributed by atoms with Crippen molar-refractivity contribution in [1.82, 2.24) is 0 Å². The van der Waals surface area contributed by atoms with E-state index in [9.17, 15) is 13.2 Å². The summed E-state index contributed by atoms with van der Waals surface area (Å²) in [5.74, 6) is 0.00165. The first kappa shape index (κ1) is 23.4. The third-order valence-corrected chi connectivity index (χ3v) is 8.43. The highest BCUT2D eigenvalue weighted by atomic mass is 79.9. The number of carbonyl (C=O) groups is 1. The zero-order valence-corrected chi connectivity index (χ0v) is 21.1. The molecule has 35 heavy (non-hydrogen) atoms. The highest BCUT2D eigenvalue weighted by molar-refractivity contribution is 9.10. The van der Waals surface area contributed by atoms with Crippen LogP contribution in [0.15, 0.2) is 82.2 Å². The van der Waals surface area contributed by atoms with Crippen molar-refractivity contribution in [1.29, 1.82) is 0 Å². The number of aromatic carboxylic acids is 1. The fraction of sp³-hybridized carbons (Fsp3) is 0.192. The van der Waals surface area contributed by atoms with Gasteiger partial charge >= 0.3 is 5.97 Å². The number of rotatable bonds is 6. The second-order valence-corrected chi connectivity index (χ2v) is 11.2. The van der Waals surface area contributed by atoms with Gasteiger partial charge in [-0.15, -0.1) is 0 Å². The van der Waals surface area contributed by atoms with Crippen LogP contribution in [0.3, 0.4) is 0 Å². The van der Waals surface area contributed by atoms with Crippen molar-refractivity contribution in [2.75, 3.05) is 17.1 Å². The number of halogens is 1. The fourth-order valence-electron chi connectivity index (χ4n) is 4.89. The van der Waals surface area contributed by atoms with Crippen LogP contribution in [0.1, 0.15) is 39.9 Å². The van der Waals surface area contributed by atoms with Gasteiger partial charge in [-0.25, -0.2) is 13.2 Å². The zero-order valence-electron chi connectivity index (χ0n) is 18.7. The summed E-state index contributed by atoms with van der Waals surface area (Å²) in [5.41, 5.74) is 3.25. The van der Waals surface area contributed by atoms with Crippen LogP contribution in [0.5, 0.6) is 5.75 Å². The van der Waals surface area contributed by atoms with Gasteiger partial charge in [0.2, 0.25) is 0 Å². The maximum absolute atomic E-state index is 13.1. The summed E-state index contributed by atoms with van der Waals surface area (Å²) < 4.78 is 35.4. The lowest BCUT2D eigenvalue weighted by Gasteiger charge is -2.38. The number of ether oxygens (including phenoxy) is 1. The van der Waals surface area contributed by atoms with Gasteiger partial charge in [0.05, 0.1) is 23.6 Å². The van der Waals surface area contributed by atoms with E-state index in [1.165, 1.54) is 24.3 Å². The third kappa shape index (κ3) is 4.41. The molecule has 2 aliphatic rings. The van der Waals surface area contributed by atoms with Crippen molar-refractivity contribution in [3.8, 4) is 5.75 Å². The molecule has 9 heteroatoms. The van der Waals surface area contributed by atoms with Crippen LogP contribution >= 0.6 is 15.9 Å². The van der Waals surface area contributed by atoms with Gasteiger partial charge in [0, 0.05) is 27.3 Å². The number of carboxylic acids is 1. The summed E-state index contributed by atoms with van der Waals surface area (Å²) in [7, 11) is -2.21. The average molecular weight is 555 g/mol. The first-order valence-corrected chi connectivity index (χ1v) is 13.3. The van der Waals surface area contributed by atoms with Gasteiger partial charge in [0.15, 0.2) is 0 Å². The Morgan fingerprint density at radius 3 is 2.57 bits per heavy atom. The quantitative estimate of drug-likeness (QED) is 0.333. The molecule has 0 amide bonds. The molecule has 3 atom stereocenters. The molecule has 1 heterocycles. The largest absolute Gasteiger partial charge is 0.496 e. The number of sulfonamides is 1. The normalized spacial score (nSPS) is 20.5. The molecule has 0 unspecified atom stereocenters. The average Bonchev–Trinajstić information content (AvgIpc) is 3.34. The SMILES string of the molecule is COc1ccc(Br)cc1[C@H]1Nc2ccc(S(=O)(=O)Nc3ccc(C(=O)O)cc3)cc2[C@H]2C=CC[C@H]21. The van der Waals surface area contributed by atoms with E-state index in [0.717, 1.165) is 33.5 Å². The Morgan fingerprint density at radius 2 is 1.86 bits per heavy atom. The first-order chi connectivity index (χ1) is 16.8. The molecule has 3 aromatic carbocycles. The van der Waals surface area contributed by atoms with Gasteiger partial charge in [-0.05, 0) is 78.6 Å². The van der Waals surface area contributed by atoms with Crippen LogP contribution in [0.4, 0.5) is 11.4 Å². The number of hydrogen-bond acceptors (Lipinski definition) is 5. The smallest absolute Gasteiger partial charge is 0.335 e. The molecule has 1 aliphatic heterocycles. The Balaban J connectivity index is 1.47. The van der Waals surface area contributed by atoms with E-state index in [-0.39, 0.29) is 28.3 Å². The van der Waals surface area contributed by atoms with Crippen LogP contribution in [-0.4, -0.2) is 26.6 Å². The van der Waals surface area contributed by atoms with E-state index in [0.29, 0.717) is 5.69 Å². The zero-order chi connectivity index (χ0) is 24.7. The van der Waals surface area contributed by atoms with E-state index < -0.39 is 16.0 Å². The molecule has 7 nitrogen and oxygen atoms in total. The number of benzene rings is 3. The predicted molar refractivity (Wildman–Crippen MR) is 138 cm³/mol. The van der Waals surface area contributed by atoms with Crippen molar-refractivity contribution in [2.45, 2.75) is 23.3 Å². The molecule has 0 fully saturated rings. The minimum atomic E-state index is -3.87. The van der Waals surface area contributed by atoms with Gasteiger partial charge in [-0.3, -0.25) is 4.72 Å². The maximum Gasteiger partial charge on any atom is 0.335 e. The summed E-state index contributed by atoms with van der Waals surface area (Å²) in [6, 6.07) is 16.7. The van der Waals surface area contributed by atoms with Crippen molar-refractivity contribution in [2.24, 2.45) is 5.92 Å². The Hall–Kier alpha value is -3.30. The van der Waals surface area contributed by atoms with Crippen molar-refractivity contribution in [3.63, 3.8) is 0 Å². The molecule has 1 aliphatic carbocycles. The predicted octanol–water partition coefficient (Wildman–Crippen LogP) is 5.78. The lowest BCUT2D eigenvalue weighted by Crippen LogP contribution is -2.29. The molecule has 0 saturated heterocycles. The summed E-state index contributed by atoms with van der Waals surface area (Å²) >= 11 is 3.56. The lowest BCUT2D eigenvalue weighted by molar-refractivity contribution is 0.0697. The molecular formula is C26H23BrN2O5S. The lowest BCUT2D eigenvalue weighted by atomic mass is 9.77. The second-order valence-electron chi connectivity index (χ2n) is 8.60. The maximum atomic E-state index is 13.1. The second kappa shape index (κ2) is 9.05. The molecule has 5 rings (SSSR count). The highest BCUT2D eigenvalue weighted by Crippen LogP contribution is 2.51. The van der Waals surface area contributed by atoms with Crippen LogP contribution in [0, 0.1) is 5.92 Å². The van der Waals surface area contributed by atoms with Crippen molar-refractivity contribution in [3.05, 3.63) is 94.0 Å². The van der Waals surface area contributed by atoms with Crippen LogP contribution < -0.4 is 14.8 Å². The molecule has 0 aromatic heterocycles. The molecule has 0 saturated carbocycles. The highest BCUT2D eigenvalue weighted by Gasteiger charge is 2.39. The van der Waals surface area contributed by atoms with E-state index >= 15 is 0 Å². The molecule has 3 aromatic rings. The van der Waals surface area contributed by atoms with Crippen LogP contribution in [0.2, 0.25) is 0 Å². The number of methoxy groups -OCH3 is 1. The van der Waals surface area contributed by atoms with Crippen molar-refractivity contribution < 1.29 is 23.1 Å². The van der Waals surface area contributed by atoms with E-state index in [4.69, 9.17) is 9.84 Å². The summed E-state index contributed by atoms with van der Waals surface area (Å²) in [6.07, 6.45) is 5.16. The van der Waals surface area contributed by atoms with E-state index in [1.54, 1.807) is 25.3 Å². The van der Waals surface area contributed by atoms with Crippen LogP contribution in [0.25, 0.3) is 0 Å². The minimum absolute atomic E-state index is 0.00304. The van der Waals surface area contributed by atoms with Gasteiger partial charge in [-0.2, -0.15) is 0 Å². The van der Waals surface area contributed by atoms with E-state index in [2.05, 4.69) is 44.2 Å². The van der Waals surface area contributed by atoms with Gasteiger partial charge < -0.3 is 15.2 Å². The Kier molecular flexibility index (Phi) is 6.06. The molecule has 3 N–H and O–H groups in total. The van der Waals surface area contributed by atoms with E-state index in [1.807, 2.05) is 12.1 Å². The topological polar surface area (TPSA) is 105 Å². The van der Waals surface area contributed by atoms with Crippen molar-refractivity contribution >= 4 is 43.3 Å². The van der Waals surface area contributed by atoms with Gasteiger partial charge in [-0.1, -0.05) is 28.1 Å². The minimum Gasteiger partial charge on any atom is -0.496 e. The monoisotopic (exact) mass is 554 g/mol.